The highest BCUT2D eigenvalue weighted by Crippen LogP contribution is 2.36. The summed E-state index contributed by atoms with van der Waals surface area (Å²) in [6.07, 6.45) is 8.26. The van der Waals surface area contributed by atoms with Crippen LogP contribution in [0.5, 0.6) is 0 Å². The second-order valence-corrected chi connectivity index (χ2v) is 13.8. The van der Waals surface area contributed by atoms with E-state index in [1.807, 2.05) is 60.7 Å². The van der Waals surface area contributed by atoms with E-state index in [0.29, 0.717) is 12.1 Å². The Bertz CT molecular complexity index is 2510. The zero-order valence-corrected chi connectivity index (χ0v) is 29.5. The number of nitrogens with zero attached hydrogens (tertiary/aromatic N) is 2. The first-order valence-corrected chi connectivity index (χ1v) is 17.4. The quantitative estimate of drug-likeness (QED) is 0.166. The molecule has 0 saturated carbocycles. The van der Waals surface area contributed by atoms with E-state index in [0.717, 1.165) is 71.6 Å². The molecule has 0 spiro atoms. The van der Waals surface area contributed by atoms with Crippen LogP contribution in [-0.2, 0) is 6.54 Å². The number of halogens is 1. The minimum atomic E-state index is -0.123. The molecule has 0 saturated heterocycles. The van der Waals surface area contributed by atoms with Crippen molar-refractivity contribution in [3.63, 3.8) is 0 Å². The number of aromatic nitrogens is 4. The molecule has 2 aliphatic heterocycles. The fourth-order valence-corrected chi connectivity index (χ4v) is 7.15. The summed E-state index contributed by atoms with van der Waals surface area (Å²) >= 11 is 3.46. The molecule has 3 aromatic carbocycles. The molecular formula is C43H34BrN5O. The number of rotatable bonds is 5. The summed E-state index contributed by atoms with van der Waals surface area (Å²) in [6.45, 7) is 6.94. The first-order chi connectivity index (χ1) is 24.3. The number of aromatic amines is 2. The zero-order chi connectivity index (χ0) is 34.4. The summed E-state index contributed by atoms with van der Waals surface area (Å²) in [5.41, 5.74) is 16.8. The van der Waals surface area contributed by atoms with Crippen molar-refractivity contribution in [2.24, 2.45) is 0 Å². The Kier molecular flexibility index (Phi) is 8.13. The second-order valence-electron chi connectivity index (χ2n) is 12.9. The van der Waals surface area contributed by atoms with Gasteiger partial charge in [0.25, 0.3) is 5.91 Å². The Labute approximate surface area is 298 Å². The van der Waals surface area contributed by atoms with Crippen LogP contribution < -0.4 is 5.32 Å². The lowest BCUT2D eigenvalue weighted by atomic mass is 9.92. The topological polar surface area (TPSA) is 86.5 Å². The maximum atomic E-state index is 13.0. The summed E-state index contributed by atoms with van der Waals surface area (Å²) in [7, 11) is 0. The normalized spacial score (nSPS) is 12.0. The maximum Gasteiger partial charge on any atom is 0.251 e. The molecule has 8 bridgehead atoms. The van der Waals surface area contributed by atoms with Crippen LogP contribution in [-0.4, -0.2) is 25.8 Å². The van der Waals surface area contributed by atoms with Crippen LogP contribution >= 0.6 is 15.9 Å². The third-order valence-corrected chi connectivity index (χ3v) is 9.66. The highest BCUT2D eigenvalue weighted by Gasteiger charge is 2.16. The van der Waals surface area contributed by atoms with Crippen molar-refractivity contribution in [3.8, 4) is 22.3 Å². The Morgan fingerprint density at radius 3 is 1.80 bits per heavy atom. The lowest BCUT2D eigenvalue weighted by molar-refractivity contribution is 0.0951. The van der Waals surface area contributed by atoms with Crippen molar-refractivity contribution < 1.29 is 4.79 Å². The first-order valence-electron chi connectivity index (χ1n) is 16.6. The molecule has 3 aromatic heterocycles. The lowest BCUT2D eigenvalue weighted by Crippen LogP contribution is -2.22. The SMILES string of the molecule is Cc1cc(C)c(-c2c3nc(cc4ccc([nH]4)c(-c4ccc(C(=O)NCc5ccc(Br)cc5)cc4)c4nc(cc5ccc2[nH]5)C=C4)C=C3)c(C)c1. The number of aryl methyl sites for hydroxylation is 3. The molecule has 6 nitrogen and oxygen atoms in total. The van der Waals surface area contributed by atoms with Gasteiger partial charge < -0.3 is 15.3 Å². The zero-order valence-electron chi connectivity index (χ0n) is 27.9. The maximum absolute atomic E-state index is 13.0. The predicted octanol–water partition coefficient (Wildman–Crippen LogP) is 10.6. The molecule has 1 amide bonds. The largest absolute Gasteiger partial charge is 0.355 e. The van der Waals surface area contributed by atoms with Gasteiger partial charge in [-0.1, -0.05) is 57.9 Å². The monoisotopic (exact) mass is 715 g/mol. The molecule has 3 N–H and O–H groups in total. The third-order valence-electron chi connectivity index (χ3n) is 9.13. The molecule has 0 unspecified atom stereocenters. The van der Waals surface area contributed by atoms with Crippen molar-refractivity contribution >= 4 is 68.2 Å². The van der Waals surface area contributed by atoms with Gasteiger partial charge in [-0.3, -0.25) is 4.79 Å². The van der Waals surface area contributed by atoms with Gasteiger partial charge in [0.2, 0.25) is 0 Å². The molecule has 0 fully saturated rings. The fraction of sp³-hybridized carbons (Fsp3) is 0.0930. The van der Waals surface area contributed by atoms with Crippen molar-refractivity contribution in [1.29, 1.82) is 0 Å². The number of hydrogen-bond donors (Lipinski definition) is 3. The number of H-pyrrole nitrogens is 2. The Morgan fingerprint density at radius 1 is 0.640 bits per heavy atom. The lowest BCUT2D eigenvalue weighted by Gasteiger charge is -2.13. The summed E-state index contributed by atoms with van der Waals surface area (Å²) in [5, 5.41) is 3.02. The molecule has 6 aromatic rings. The smallest absolute Gasteiger partial charge is 0.251 e. The molecule has 50 heavy (non-hydrogen) atoms. The van der Waals surface area contributed by atoms with E-state index in [1.165, 1.54) is 22.3 Å². The minimum absolute atomic E-state index is 0.123. The first kappa shape index (κ1) is 31.5. The Balaban J connectivity index is 1.24. The van der Waals surface area contributed by atoms with Gasteiger partial charge in [0.15, 0.2) is 0 Å². The van der Waals surface area contributed by atoms with Crippen molar-refractivity contribution in [1.82, 2.24) is 25.3 Å². The van der Waals surface area contributed by atoms with E-state index in [9.17, 15) is 4.79 Å². The molecule has 8 rings (SSSR count). The van der Waals surface area contributed by atoms with Crippen LogP contribution in [0, 0.1) is 20.8 Å². The van der Waals surface area contributed by atoms with Crippen LogP contribution in [0.1, 0.15) is 55.4 Å². The van der Waals surface area contributed by atoms with Gasteiger partial charge in [-0.05, 0) is 134 Å². The molecule has 244 valence electrons. The number of benzene rings is 3. The third kappa shape index (κ3) is 6.24. The van der Waals surface area contributed by atoms with E-state index in [4.69, 9.17) is 9.97 Å². The summed E-state index contributed by atoms with van der Waals surface area (Å²) in [6, 6.07) is 32.6. The van der Waals surface area contributed by atoms with E-state index in [2.05, 4.69) is 113 Å². The predicted molar refractivity (Wildman–Crippen MR) is 209 cm³/mol. The molecule has 7 heteroatoms. The molecular weight excluding hydrogens is 682 g/mol. The van der Waals surface area contributed by atoms with E-state index >= 15 is 0 Å². The van der Waals surface area contributed by atoms with Crippen LogP contribution in [0.4, 0.5) is 0 Å². The molecule has 0 aliphatic carbocycles. The molecule has 5 heterocycles. The van der Waals surface area contributed by atoms with E-state index < -0.39 is 0 Å². The highest BCUT2D eigenvalue weighted by atomic mass is 79.9. The van der Waals surface area contributed by atoms with Crippen LogP contribution in [0.15, 0.2) is 102 Å². The molecule has 0 atom stereocenters. The van der Waals surface area contributed by atoms with Crippen molar-refractivity contribution in [3.05, 3.63) is 152 Å². The average Bonchev–Trinajstić information content (AvgIpc) is 3.93. The van der Waals surface area contributed by atoms with Gasteiger partial charge in [-0.2, -0.15) is 0 Å². The van der Waals surface area contributed by atoms with Crippen molar-refractivity contribution in [2.75, 3.05) is 0 Å². The summed E-state index contributed by atoms with van der Waals surface area (Å²) < 4.78 is 1.01. The fourth-order valence-electron chi connectivity index (χ4n) is 6.89. The van der Waals surface area contributed by atoms with Crippen LogP contribution in [0.3, 0.4) is 0 Å². The van der Waals surface area contributed by atoms with E-state index in [1.54, 1.807) is 0 Å². The van der Waals surface area contributed by atoms with E-state index in [-0.39, 0.29) is 5.91 Å². The average molecular weight is 717 g/mol. The summed E-state index contributed by atoms with van der Waals surface area (Å²) in [4.78, 5) is 30.5. The Morgan fingerprint density at radius 2 is 1.20 bits per heavy atom. The van der Waals surface area contributed by atoms with Gasteiger partial charge in [-0.15, -0.1) is 0 Å². The second kappa shape index (κ2) is 12.9. The van der Waals surface area contributed by atoms with Crippen molar-refractivity contribution in [2.45, 2.75) is 27.3 Å². The molecule has 2 aliphatic rings. The Hall–Kier alpha value is -5.79. The number of carbonyl (C=O) groups is 1. The summed E-state index contributed by atoms with van der Waals surface area (Å²) in [5.74, 6) is -0.123. The van der Waals surface area contributed by atoms with Crippen LogP contribution in [0.2, 0.25) is 0 Å². The molecule has 0 radical (unpaired) electrons. The van der Waals surface area contributed by atoms with Crippen LogP contribution in [0.25, 0.3) is 68.6 Å². The number of fused-ring (bicyclic) bond motifs is 8. The number of nitrogens with one attached hydrogen (secondary N) is 3. The van der Waals surface area contributed by atoms with Gasteiger partial charge in [0.1, 0.15) is 0 Å². The number of hydrogen-bond acceptors (Lipinski definition) is 3. The number of amides is 1. The number of carbonyl (C=O) groups excluding carboxylic acids is 1. The van der Waals surface area contributed by atoms with Gasteiger partial charge in [0.05, 0.1) is 22.8 Å². The highest BCUT2D eigenvalue weighted by molar-refractivity contribution is 9.10. The van der Waals surface area contributed by atoms with Gasteiger partial charge >= 0.3 is 0 Å². The van der Waals surface area contributed by atoms with Gasteiger partial charge in [-0.25, -0.2) is 9.97 Å². The van der Waals surface area contributed by atoms with Gasteiger partial charge in [0, 0.05) is 49.8 Å². The standard InChI is InChI=1S/C43H34BrN5O/c1-25-20-26(2)40(27(3)21-25)42-38-18-14-34(48-38)22-32-12-16-36(46-32)41(37-17-13-33(47-37)23-35-15-19-39(42)49-35)29-6-8-30(9-7-29)43(50)45-24-28-4-10-31(44)11-5-28/h4-23,46,49H,24H2,1-3H3,(H,45,50). The minimum Gasteiger partial charge on any atom is -0.355 e.